The normalized spacial score (nSPS) is 11.6. The van der Waals surface area contributed by atoms with Gasteiger partial charge in [-0.2, -0.15) is 5.10 Å². The molecule has 4 nitrogen and oxygen atoms in total. The van der Waals surface area contributed by atoms with E-state index in [4.69, 9.17) is 10.5 Å². The van der Waals surface area contributed by atoms with Gasteiger partial charge in [0.2, 0.25) is 0 Å². The van der Waals surface area contributed by atoms with Crippen LogP contribution in [-0.4, -0.2) is 11.4 Å². The summed E-state index contributed by atoms with van der Waals surface area (Å²) in [6.45, 7) is 0. The van der Waals surface area contributed by atoms with Gasteiger partial charge in [0, 0.05) is 5.75 Å². The van der Waals surface area contributed by atoms with E-state index in [0.717, 1.165) is 22.8 Å². The number of benzene rings is 3. The Labute approximate surface area is 157 Å². The van der Waals surface area contributed by atoms with Crippen LogP contribution < -0.4 is 10.5 Å². The van der Waals surface area contributed by atoms with Crippen molar-refractivity contribution >= 4 is 23.1 Å². The van der Waals surface area contributed by atoms with E-state index in [-0.39, 0.29) is 0 Å². The third-order valence-electron chi connectivity index (χ3n) is 3.45. The van der Waals surface area contributed by atoms with Gasteiger partial charge in [-0.25, -0.2) is 0 Å². The highest BCUT2D eigenvalue weighted by molar-refractivity contribution is 8.13. The Hall–Kier alpha value is -3.05. The first kappa shape index (κ1) is 17.8. The van der Waals surface area contributed by atoms with Crippen molar-refractivity contribution in [1.82, 2.24) is 0 Å². The number of nitrogens with zero attached hydrogens (tertiary/aromatic N) is 2. The van der Waals surface area contributed by atoms with Gasteiger partial charge in [-0.3, -0.25) is 0 Å². The zero-order chi connectivity index (χ0) is 18.0. The summed E-state index contributed by atoms with van der Waals surface area (Å²) in [5, 5.41) is 8.50. The lowest BCUT2D eigenvalue weighted by Crippen LogP contribution is -2.05. The highest BCUT2D eigenvalue weighted by atomic mass is 32.2. The Balaban J connectivity index is 1.51. The average molecular weight is 361 g/mol. The molecule has 0 saturated carbocycles. The number of thioether (sulfide) groups is 1. The molecule has 0 spiro atoms. The maximum absolute atomic E-state index is 5.87. The molecule has 5 heteroatoms. The maximum atomic E-state index is 5.87. The highest BCUT2D eigenvalue weighted by Crippen LogP contribution is 2.20. The summed E-state index contributed by atoms with van der Waals surface area (Å²) < 4.78 is 5.75. The summed E-state index contributed by atoms with van der Waals surface area (Å²) in [7, 11) is 0. The van der Waals surface area contributed by atoms with Gasteiger partial charge >= 0.3 is 0 Å². The minimum absolute atomic E-state index is 0.439. The topological polar surface area (TPSA) is 60.0 Å². The van der Waals surface area contributed by atoms with Crippen LogP contribution in [0.4, 0.5) is 0 Å². The molecule has 3 rings (SSSR count). The highest BCUT2D eigenvalue weighted by Gasteiger charge is 1.97. The molecule has 2 N–H and O–H groups in total. The fourth-order valence-electron chi connectivity index (χ4n) is 2.16. The Morgan fingerprint density at radius 3 is 2.15 bits per heavy atom. The molecule has 0 aliphatic rings. The largest absolute Gasteiger partial charge is 0.457 e. The van der Waals surface area contributed by atoms with Crippen molar-refractivity contribution in [2.45, 2.75) is 5.75 Å². The van der Waals surface area contributed by atoms with Crippen LogP contribution in [0, 0.1) is 0 Å². The summed E-state index contributed by atoms with van der Waals surface area (Å²) in [6.07, 6.45) is 1.67. The lowest BCUT2D eigenvalue weighted by atomic mass is 10.2. The van der Waals surface area contributed by atoms with E-state index >= 15 is 0 Å². The second-order valence-corrected chi connectivity index (χ2v) is 6.44. The van der Waals surface area contributed by atoms with Crippen molar-refractivity contribution in [2.75, 3.05) is 0 Å². The molecule has 0 radical (unpaired) electrons. The van der Waals surface area contributed by atoms with Gasteiger partial charge in [-0.15, -0.1) is 5.10 Å². The Morgan fingerprint density at radius 1 is 0.846 bits per heavy atom. The van der Waals surface area contributed by atoms with E-state index in [0.29, 0.717) is 5.17 Å². The first-order valence-electron chi connectivity index (χ1n) is 8.16. The molecule has 130 valence electrons. The second-order valence-electron chi connectivity index (χ2n) is 5.44. The molecule has 26 heavy (non-hydrogen) atoms. The molecule has 0 atom stereocenters. The number of hydrogen-bond acceptors (Lipinski definition) is 4. The van der Waals surface area contributed by atoms with Gasteiger partial charge in [0.05, 0.1) is 6.21 Å². The van der Waals surface area contributed by atoms with Gasteiger partial charge in [-0.05, 0) is 47.5 Å². The van der Waals surface area contributed by atoms with E-state index in [1.165, 1.54) is 17.3 Å². The molecule has 3 aromatic rings. The van der Waals surface area contributed by atoms with Crippen LogP contribution >= 0.6 is 11.8 Å². The first-order valence-corrected chi connectivity index (χ1v) is 9.14. The van der Waals surface area contributed by atoms with Gasteiger partial charge in [-0.1, -0.05) is 60.3 Å². The average Bonchev–Trinajstić information content (AvgIpc) is 2.69. The van der Waals surface area contributed by atoms with Crippen LogP contribution in [0.15, 0.2) is 95.1 Å². The maximum Gasteiger partial charge on any atom is 0.180 e. The summed E-state index contributed by atoms with van der Waals surface area (Å²) >= 11 is 1.46. The van der Waals surface area contributed by atoms with Gasteiger partial charge < -0.3 is 10.5 Å². The monoisotopic (exact) mass is 361 g/mol. The van der Waals surface area contributed by atoms with Gasteiger partial charge in [0.1, 0.15) is 11.5 Å². The number of amidine groups is 1. The van der Waals surface area contributed by atoms with E-state index < -0.39 is 0 Å². The van der Waals surface area contributed by atoms with Crippen molar-refractivity contribution in [3.8, 4) is 11.5 Å². The minimum Gasteiger partial charge on any atom is -0.457 e. The Morgan fingerprint density at radius 2 is 1.46 bits per heavy atom. The van der Waals surface area contributed by atoms with Gasteiger partial charge in [0.25, 0.3) is 0 Å². The number of hydrogen-bond donors (Lipinski definition) is 1. The van der Waals surface area contributed by atoms with Crippen LogP contribution in [0.25, 0.3) is 0 Å². The van der Waals surface area contributed by atoms with Crippen LogP contribution in [0.5, 0.6) is 11.5 Å². The summed E-state index contributed by atoms with van der Waals surface area (Å²) in [5.41, 5.74) is 8.00. The molecule has 0 amide bonds. The molecule has 0 aliphatic heterocycles. The van der Waals surface area contributed by atoms with E-state index in [1.807, 2.05) is 72.8 Å². The predicted molar refractivity (Wildman–Crippen MR) is 110 cm³/mol. The molecule has 0 heterocycles. The quantitative estimate of drug-likeness (QED) is 0.379. The fraction of sp³-hybridized carbons (Fsp3) is 0.0476. The molecule has 0 saturated heterocycles. The molecular formula is C21H19N3OS. The second kappa shape index (κ2) is 9.44. The molecular weight excluding hydrogens is 342 g/mol. The standard InChI is InChI=1S/C21H19N3OS/c22-21(26-16-18-7-3-1-4-8-18)24-23-15-17-11-13-20(14-12-17)25-19-9-5-2-6-10-19/h1-15H,16H2,(H2,22,24). The Bertz CT molecular complexity index is 863. The first-order chi connectivity index (χ1) is 12.8. The molecule has 0 unspecified atom stereocenters. The van der Waals surface area contributed by atoms with Crippen molar-refractivity contribution in [3.05, 3.63) is 96.1 Å². The summed E-state index contributed by atoms with van der Waals surface area (Å²) in [4.78, 5) is 0. The molecule has 0 fully saturated rings. The number of rotatable bonds is 6. The Kier molecular flexibility index (Phi) is 6.45. The number of para-hydroxylation sites is 1. The number of nitrogens with two attached hydrogens (primary N) is 1. The minimum atomic E-state index is 0.439. The fourth-order valence-corrected chi connectivity index (χ4v) is 2.77. The summed E-state index contributed by atoms with van der Waals surface area (Å²) in [5.74, 6) is 2.36. The van der Waals surface area contributed by atoms with Crippen LogP contribution in [-0.2, 0) is 5.75 Å². The zero-order valence-corrected chi connectivity index (χ0v) is 15.0. The van der Waals surface area contributed by atoms with E-state index in [1.54, 1.807) is 6.21 Å². The van der Waals surface area contributed by atoms with Crippen molar-refractivity contribution in [1.29, 1.82) is 0 Å². The molecule has 0 aromatic heterocycles. The van der Waals surface area contributed by atoms with E-state index in [2.05, 4.69) is 22.3 Å². The van der Waals surface area contributed by atoms with Crippen molar-refractivity contribution in [3.63, 3.8) is 0 Å². The zero-order valence-electron chi connectivity index (χ0n) is 14.2. The lowest BCUT2D eigenvalue weighted by molar-refractivity contribution is 0.482. The number of ether oxygens (including phenoxy) is 1. The molecule has 0 bridgehead atoms. The van der Waals surface area contributed by atoms with Crippen LogP contribution in [0.1, 0.15) is 11.1 Å². The van der Waals surface area contributed by atoms with Crippen LogP contribution in [0.3, 0.4) is 0 Å². The SMILES string of the molecule is NC(=NN=Cc1ccc(Oc2ccccc2)cc1)SCc1ccccc1. The molecule has 0 aliphatic carbocycles. The smallest absolute Gasteiger partial charge is 0.180 e. The van der Waals surface area contributed by atoms with Gasteiger partial charge in [0.15, 0.2) is 5.17 Å². The molecule has 3 aromatic carbocycles. The van der Waals surface area contributed by atoms with E-state index in [9.17, 15) is 0 Å². The third kappa shape index (κ3) is 5.79. The third-order valence-corrected chi connectivity index (χ3v) is 4.31. The lowest BCUT2D eigenvalue weighted by Gasteiger charge is -2.05. The predicted octanol–water partition coefficient (Wildman–Crippen LogP) is 5.06. The van der Waals surface area contributed by atoms with Crippen molar-refractivity contribution in [2.24, 2.45) is 15.9 Å². The van der Waals surface area contributed by atoms with Crippen LogP contribution in [0.2, 0.25) is 0 Å². The summed E-state index contributed by atoms with van der Waals surface area (Å²) in [6, 6.07) is 27.4. The van der Waals surface area contributed by atoms with Crippen molar-refractivity contribution < 1.29 is 4.74 Å².